The molecule has 4 nitrogen and oxygen atoms in total. The lowest BCUT2D eigenvalue weighted by Gasteiger charge is -2.25. The van der Waals surface area contributed by atoms with Gasteiger partial charge in [-0.3, -0.25) is 4.57 Å². The molecule has 0 amide bonds. The Bertz CT molecular complexity index is 423. The summed E-state index contributed by atoms with van der Waals surface area (Å²) in [5, 5.41) is 0.479. The second kappa shape index (κ2) is 5.87. The van der Waals surface area contributed by atoms with Crippen molar-refractivity contribution in [3.05, 3.63) is 23.8 Å². The van der Waals surface area contributed by atoms with Crippen molar-refractivity contribution in [1.82, 2.24) is 0 Å². The van der Waals surface area contributed by atoms with Gasteiger partial charge in [0.2, 0.25) is 0 Å². The average molecular weight is 271 g/mol. The first-order valence-electron chi connectivity index (χ1n) is 6.08. The number of anilines is 1. The van der Waals surface area contributed by atoms with Crippen LogP contribution < -0.4 is 11.0 Å². The Morgan fingerprint density at radius 1 is 1.11 bits per heavy atom. The van der Waals surface area contributed by atoms with Crippen molar-refractivity contribution in [2.75, 3.05) is 5.73 Å². The third kappa shape index (κ3) is 3.58. The van der Waals surface area contributed by atoms with E-state index in [1.807, 2.05) is 46.8 Å². The molecule has 0 aromatic heterocycles. The van der Waals surface area contributed by atoms with Gasteiger partial charge in [0, 0.05) is 5.69 Å². The molecular weight excluding hydrogens is 249 g/mol. The van der Waals surface area contributed by atoms with Crippen molar-refractivity contribution in [2.45, 2.75) is 46.8 Å². The summed E-state index contributed by atoms with van der Waals surface area (Å²) in [6, 6.07) is 5.39. The van der Waals surface area contributed by atoms with Gasteiger partial charge in [0.05, 0.1) is 17.5 Å². The van der Waals surface area contributed by atoms with Gasteiger partial charge < -0.3 is 14.8 Å². The van der Waals surface area contributed by atoms with Gasteiger partial charge in [-0.2, -0.15) is 0 Å². The zero-order valence-corrected chi connectivity index (χ0v) is 12.5. The SMILES string of the molecule is Cc1cccc(N)c1P(=O)(OC(C)C)OC(C)C. The van der Waals surface area contributed by atoms with Crippen LogP contribution in [0.1, 0.15) is 33.3 Å². The van der Waals surface area contributed by atoms with E-state index in [1.165, 1.54) is 0 Å². The van der Waals surface area contributed by atoms with Crippen molar-refractivity contribution in [3.8, 4) is 0 Å². The second-order valence-corrected chi connectivity index (χ2v) is 6.68. The van der Waals surface area contributed by atoms with Gasteiger partial charge in [-0.1, -0.05) is 12.1 Å². The maximum Gasteiger partial charge on any atom is 0.364 e. The minimum Gasteiger partial charge on any atom is -0.398 e. The number of benzene rings is 1. The smallest absolute Gasteiger partial charge is 0.364 e. The first-order chi connectivity index (χ1) is 8.26. The van der Waals surface area contributed by atoms with Gasteiger partial charge in [-0.15, -0.1) is 0 Å². The van der Waals surface area contributed by atoms with E-state index in [0.717, 1.165) is 5.56 Å². The van der Waals surface area contributed by atoms with Gasteiger partial charge in [0.25, 0.3) is 0 Å². The van der Waals surface area contributed by atoms with E-state index in [1.54, 1.807) is 6.07 Å². The highest BCUT2D eigenvalue weighted by Crippen LogP contribution is 2.51. The number of aryl methyl sites for hydroxylation is 1. The van der Waals surface area contributed by atoms with Crippen LogP contribution in [0.5, 0.6) is 0 Å². The van der Waals surface area contributed by atoms with E-state index in [4.69, 9.17) is 14.8 Å². The fourth-order valence-corrected chi connectivity index (χ4v) is 4.01. The lowest BCUT2D eigenvalue weighted by Crippen LogP contribution is -2.21. The van der Waals surface area contributed by atoms with Gasteiger partial charge in [-0.25, -0.2) is 0 Å². The van der Waals surface area contributed by atoms with Crippen LogP contribution in [0.3, 0.4) is 0 Å². The third-order valence-corrected chi connectivity index (χ3v) is 4.80. The summed E-state index contributed by atoms with van der Waals surface area (Å²) in [6.45, 7) is 9.15. The molecule has 2 N–H and O–H groups in total. The molecule has 0 saturated carbocycles. The predicted molar refractivity (Wildman–Crippen MR) is 75.3 cm³/mol. The van der Waals surface area contributed by atoms with Crippen molar-refractivity contribution in [3.63, 3.8) is 0 Å². The van der Waals surface area contributed by atoms with Crippen molar-refractivity contribution in [1.29, 1.82) is 0 Å². The molecule has 0 aliphatic carbocycles. The van der Waals surface area contributed by atoms with E-state index in [-0.39, 0.29) is 12.2 Å². The van der Waals surface area contributed by atoms with Crippen LogP contribution in [-0.2, 0) is 13.6 Å². The molecule has 18 heavy (non-hydrogen) atoms. The zero-order valence-electron chi connectivity index (χ0n) is 11.6. The summed E-state index contributed by atoms with van der Waals surface area (Å²) in [4.78, 5) is 0. The quantitative estimate of drug-likeness (QED) is 0.659. The Balaban J connectivity index is 3.30. The van der Waals surface area contributed by atoms with Gasteiger partial charge >= 0.3 is 7.60 Å². The van der Waals surface area contributed by atoms with Crippen LogP contribution in [0.25, 0.3) is 0 Å². The van der Waals surface area contributed by atoms with E-state index < -0.39 is 7.60 Å². The largest absolute Gasteiger partial charge is 0.398 e. The molecule has 5 heteroatoms. The third-order valence-electron chi connectivity index (χ3n) is 2.24. The number of rotatable bonds is 5. The van der Waals surface area contributed by atoms with E-state index in [9.17, 15) is 4.57 Å². The number of nitrogens with two attached hydrogens (primary N) is 1. The van der Waals surface area contributed by atoms with Crippen LogP contribution >= 0.6 is 7.60 Å². The fraction of sp³-hybridized carbons (Fsp3) is 0.538. The molecule has 0 atom stereocenters. The highest BCUT2D eigenvalue weighted by Gasteiger charge is 2.33. The lowest BCUT2D eigenvalue weighted by molar-refractivity contribution is 0.150. The molecule has 102 valence electrons. The maximum atomic E-state index is 13.0. The molecule has 1 aromatic rings. The summed E-state index contributed by atoms with van der Waals surface area (Å²) < 4.78 is 24.1. The lowest BCUT2D eigenvalue weighted by atomic mass is 10.2. The van der Waals surface area contributed by atoms with E-state index in [0.29, 0.717) is 11.0 Å². The van der Waals surface area contributed by atoms with Crippen molar-refractivity contribution < 1.29 is 13.6 Å². The first-order valence-corrected chi connectivity index (χ1v) is 7.63. The Hall–Kier alpha value is -0.830. The number of nitrogen functional groups attached to an aromatic ring is 1. The van der Waals surface area contributed by atoms with Gasteiger partial charge in [0.1, 0.15) is 0 Å². The summed E-state index contributed by atoms with van der Waals surface area (Å²) in [7, 11) is -3.38. The Labute approximate surface area is 109 Å². The van der Waals surface area contributed by atoms with Crippen molar-refractivity contribution in [2.24, 2.45) is 0 Å². The standard InChI is InChI=1S/C13H22NO3P/c1-9(2)16-18(15,17-10(3)4)13-11(5)7-6-8-12(13)14/h6-10H,14H2,1-5H3. The molecule has 0 radical (unpaired) electrons. The second-order valence-electron chi connectivity index (χ2n) is 4.82. The molecule has 1 aromatic carbocycles. The molecule has 0 fully saturated rings. The van der Waals surface area contributed by atoms with Gasteiger partial charge in [-0.05, 0) is 46.2 Å². The zero-order chi connectivity index (χ0) is 13.9. The summed E-state index contributed by atoms with van der Waals surface area (Å²) >= 11 is 0. The van der Waals surface area contributed by atoms with Gasteiger partial charge in [0.15, 0.2) is 0 Å². The average Bonchev–Trinajstić information content (AvgIpc) is 2.13. The van der Waals surface area contributed by atoms with Crippen LogP contribution in [0.15, 0.2) is 18.2 Å². The topological polar surface area (TPSA) is 61.6 Å². The molecule has 0 saturated heterocycles. The predicted octanol–water partition coefficient (Wildman–Crippen LogP) is 3.25. The van der Waals surface area contributed by atoms with Crippen molar-refractivity contribution >= 4 is 18.6 Å². The number of hydrogen-bond donors (Lipinski definition) is 1. The summed E-state index contributed by atoms with van der Waals surface area (Å²) in [5.41, 5.74) is 7.19. The highest BCUT2D eigenvalue weighted by atomic mass is 31.2. The summed E-state index contributed by atoms with van der Waals surface area (Å²) in [6.07, 6.45) is -0.401. The first kappa shape index (κ1) is 15.2. The normalized spacial score (nSPS) is 12.4. The van der Waals surface area contributed by atoms with E-state index >= 15 is 0 Å². The number of hydrogen-bond acceptors (Lipinski definition) is 4. The molecule has 0 bridgehead atoms. The van der Waals surface area contributed by atoms with E-state index in [2.05, 4.69) is 0 Å². The molecule has 1 rings (SSSR count). The minimum absolute atomic E-state index is 0.200. The highest BCUT2D eigenvalue weighted by molar-refractivity contribution is 7.62. The molecule has 0 aliphatic heterocycles. The van der Waals surface area contributed by atoms with Crippen LogP contribution in [-0.4, -0.2) is 12.2 Å². The summed E-state index contributed by atoms with van der Waals surface area (Å²) in [5.74, 6) is 0. The molecule has 0 heterocycles. The Kier molecular flexibility index (Phi) is 4.97. The Morgan fingerprint density at radius 2 is 1.61 bits per heavy atom. The van der Waals surface area contributed by atoms with Crippen LogP contribution in [0, 0.1) is 6.92 Å². The molecule has 0 unspecified atom stereocenters. The Morgan fingerprint density at radius 3 is 2.00 bits per heavy atom. The van der Waals surface area contributed by atoms with Crippen LogP contribution in [0.2, 0.25) is 0 Å². The molecular formula is C13H22NO3P. The minimum atomic E-state index is -3.38. The monoisotopic (exact) mass is 271 g/mol. The fourth-order valence-electron chi connectivity index (χ4n) is 1.74. The van der Waals surface area contributed by atoms with Crippen LogP contribution in [0.4, 0.5) is 5.69 Å². The maximum absolute atomic E-state index is 13.0. The molecule has 0 spiro atoms. The molecule has 0 aliphatic rings.